The van der Waals surface area contributed by atoms with Crippen LogP contribution in [0, 0.1) is 11.8 Å². The van der Waals surface area contributed by atoms with Crippen molar-refractivity contribution in [1.29, 1.82) is 0 Å². The highest BCUT2D eigenvalue weighted by atomic mass is 15.2. The Bertz CT molecular complexity index is 279. The summed E-state index contributed by atoms with van der Waals surface area (Å²) in [6, 6.07) is 0. The summed E-state index contributed by atoms with van der Waals surface area (Å²) < 4.78 is 0. The Morgan fingerprint density at radius 2 is 2.00 bits per heavy atom. The molecule has 15 heavy (non-hydrogen) atoms. The highest BCUT2D eigenvalue weighted by Gasteiger charge is 2.36. The highest BCUT2D eigenvalue weighted by Crippen LogP contribution is 2.29. The first-order valence-corrected chi connectivity index (χ1v) is 5.76. The number of fused-ring (bicyclic) bond motifs is 1. The molecule has 2 heteroatoms. The van der Waals surface area contributed by atoms with Crippen LogP contribution >= 0.6 is 0 Å². The molecule has 0 radical (unpaired) electrons. The number of nitrogens with zero attached hydrogens (tertiary/aromatic N) is 1. The van der Waals surface area contributed by atoms with Crippen molar-refractivity contribution in [2.24, 2.45) is 11.8 Å². The first-order valence-electron chi connectivity index (χ1n) is 5.76. The maximum atomic E-state index is 3.78. The van der Waals surface area contributed by atoms with E-state index >= 15 is 0 Å². The summed E-state index contributed by atoms with van der Waals surface area (Å²) in [5.74, 6) is 1.70. The third-order valence-corrected chi connectivity index (χ3v) is 3.38. The van der Waals surface area contributed by atoms with E-state index in [2.05, 4.69) is 41.9 Å². The normalized spacial score (nSPS) is 31.3. The van der Waals surface area contributed by atoms with Crippen molar-refractivity contribution in [3.05, 3.63) is 36.6 Å². The van der Waals surface area contributed by atoms with Crippen molar-refractivity contribution in [3.8, 4) is 0 Å². The maximum Gasteiger partial charge on any atom is 0.0362 e. The van der Waals surface area contributed by atoms with Gasteiger partial charge in [-0.1, -0.05) is 18.7 Å². The van der Waals surface area contributed by atoms with Crippen molar-refractivity contribution in [1.82, 2.24) is 10.2 Å². The van der Waals surface area contributed by atoms with E-state index in [1.807, 2.05) is 6.08 Å². The zero-order valence-electron chi connectivity index (χ0n) is 9.45. The van der Waals surface area contributed by atoms with E-state index in [0.29, 0.717) is 0 Å². The second kappa shape index (κ2) is 4.67. The van der Waals surface area contributed by atoms with Gasteiger partial charge in [-0.3, -0.25) is 0 Å². The molecule has 2 nitrogen and oxygen atoms in total. The lowest BCUT2D eigenvalue weighted by Gasteiger charge is -2.20. The smallest absolute Gasteiger partial charge is 0.0362 e. The highest BCUT2D eigenvalue weighted by molar-refractivity contribution is 5.23. The molecule has 82 valence electrons. The van der Waals surface area contributed by atoms with Crippen molar-refractivity contribution in [2.45, 2.75) is 6.92 Å². The van der Waals surface area contributed by atoms with Gasteiger partial charge in [0, 0.05) is 31.9 Å². The fraction of sp³-hybridized carbons (Fsp3) is 0.538. The molecule has 2 fully saturated rings. The van der Waals surface area contributed by atoms with Crippen molar-refractivity contribution in [2.75, 3.05) is 26.2 Å². The summed E-state index contributed by atoms with van der Waals surface area (Å²) in [6.07, 6.45) is 8.26. The van der Waals surface area contributed by atoms with Gasteiger partial charge in [-0.25, -0.2) is 0 Å². The fourth-order valence-electron chi connectivity index (χ4n) is 2.62. The summed E-state index contributed by atoms with van der Waals surface area (Å²) in [6.45, 7) is 10.6. The van der Waals surface area contributed by atoms with Crippen LogP contribution in [0.25, 0.3) is 0 Å². The summed E-state index contributed by atoms with van der Waals surface area (Å²) in [4.78, 5) is 2.48. The first kappa shape index (κ1) is 10.5. The number of likely N-dealkylation sites (tertiary alicyclic amines) is 1. The maximum absolute atomic E-state index is 3.78. The third kappa shape index (κ3) is 2.15. The van der Waals surface area contributed by atoms with Gasteiger partial charge < -0.3 is 10.2 Å². The lowest BCUT2D eigenvalue weighted by Crippen LogP contribution is -2.24. The number of allylic oxidation sites excluding steroid dienone is 4. The van der Waals surface area contributed by atoms with E-state index in [1.54, 1.807) is 0 Å². The molecule has 2 unspecified atom stereocenters. The molecule has 2 rings (SSSR count). The summed E-state index contributed by atoms with van der Waals surface area (Å²) in [5, 5.41) is 3.46. The molecule has 2 atom stereocenters. The fourth-order valence-corrected chi connectivity index (χ4v) is 2.62. The van der Waals surface area contributed by atoms with E-state index in [0.717, 1.165) is 11.8 Å². The van der Waals surface area contributed by atoms with Crippen LogP contribution in [0.15, 0.2) is 36.6 Å². The van der Waals surface area contributed by atoms with Gasteiger partial charge in [-0.05, 0) is 30.9 Å². The van der Waals surface area contributed by atoms with Gasteiger partial charge in [0.05, 0.1) is 0 Å². The van der Waals surface area contributed by atoms with Crippen LogP contribution < -0.4 is 5.32 Å². The number of hydrogen-bond acceptors (Lipinski definition) is 2. The molecule has 0 aliphatic carbocycles. The Labute approximate surface area is 92.3 Å². The van der Waals surface area contributed by atoms with Crippen molar-refractivity contribution in [3.63, 3.8) is 0 Å². The lowest BCUT2D eigenvalue weighted by atomic mass is 10.0. The van der Waals surface area contributed by atoms with Gasteiger partial charge in [0.2, 0.25) is 0 Å². The minimum absolute atomic E-state index is 0.850. The largest absolute Gasteiger partial charge is 0.371 e. The zero-order chi connectivity index (χ0) is 10.7. The molecule has 0 saturated carbocycles. The van der Waals surface area contributed by atoms with Crippen LogP contribution in [-0.2, 0) is 0 Å². The molecule has 2 saturated heterocycles. The predicted molar refractivity (Wildman–Crippen MR) is 64.5 cm³/mol. The quantitative estimate of drug-likeness (QED) is 0.705. The summed E-state index contributed by atoms with van der Waals surface area (Å²) >= 11 is 0. The SMILES string of the molecule is C=C/C=C(\C=C/C)N1CC2CNCC2C1. The molecule has 0 aromatic carbocycles. The minimum Gasteiger partial charge on any atom is -0.371 e. The molecule has 0 aromatic rings. The molecule has 2 aliphatic rings. The van der Waals surface area contributed by atoms with Gasteiger partial charge >= 0.3 is 0 Å². The van der Waals surface area contributed by atoms with Crippen molar-refractivity contribution < 1.29 is 0 Å². The molecule has 2 aliphatic heterocycles. The van der Waals surface area contributed by atoms with Gasteiger partial charge in [0.15, 0.2) is 0 Å². The Morgan fingerprint density at radius 3 is 2.53 bits per heavy atom. The Balaban J connectivity index is 2.05. The van der Waals surface area contributed by atoms with Crippen LogP contribution in [0.3, 0.4) is 0 Å². The molecular weight excluding hydrogens is 184 g/mol. The van der Waals surface area contributed by atoms with Gasteiger partial charge in [-0.2, -0.15) is 0 Å². The minimum atomic E-state index is 0.850. The molecule has 0 spiro atoms. The zero-order valence-corrected chi connectivity index (χ0v) is 9.45. The molecular formula is C13H20N2. The third-order valence-electron chi connectivity index (χ3n) is 3.38. The Morgan fingerprint density at radius 1 is 1.33 bits per heavy atom. The van der Waals surface area contributed by atoms with E-state index in [1.165, 1.54) is 31.9 Å². The van der Waals surface area contributed by atoms with Gasteiger partial charge in [0.1, 0.15) is 0 Å². The van der Waals surface area contributed by atoms with Crippen LogP contribution in [0.2, 0.25) is 0 Å². The molecule has 0 bridgehead atoms. The van der Waals surface area contributed by atoms with Crippen LogP contribution in [0.4, 0.5) is 0 Å². The molecule has 2 heterocycles. The van der Waals surface area contributed by atoms with Gasteiger partial charge in [-0.15, -0.1) is 0 Å². The predicted octanol–water partition coefficient (Wildman–Crippen LogP) is 1.78. The average Bonchev–Trinajstić information content (AvgIpc) is 2.76. The van der Waals surface area contributed by atoms with E-state index in [4.69, 9.17) is 0 Å². The topological polar surface area (TPSA) is 15.3 Å². The summed E-state index contributed by atoms with van der Waals surface area (Å²) in [5.41, 5.74) is 1.31. The van der Waals surface area contributed by atoms with Crippen LogP contribution in [-0.4, -0.2) is 31.1 Å². The summed E-state index contributed by atoms with van der Waals surface area (Å²) in [7, 11) is 0. The van der Waals surface area contributed by atoms with E-state index in [-0.39, 0.29) is 0 Å². The Hall–Kier alpha value is -1.02. The van der Waals surface area contributed by atoms with Gasteiger partial charge in [0.25, 0.3) is 0 Å². The molecule has 0 amide bonds. The molecule has 1 N–H and O–H groups in total. The monoisotopic (exact) mass is 204 g/mol. The van der Waals surface area contributed by atoms with Crippen LogP contribution in [0.5, 0.6) is 0 Å². The molecule has 0 aromatic heterocycles. The van der Waals surface area contributed by atoms with Crippen LogP contribution in [0.1, 0.15) is 6.92 Å². The second-order valence-electron chi connectivity index (χ2n) is 4.41. The average molecular weight is 204 g/mol. The number of rotatable bonds is 3. The number of nitrogens with one attached hydrogen (secondary N) is 1. The first-order chi connectivity index (χ1) is 7.35. The second-order valence-corrected chi connectivity index (χ2v) is 4.41. The Kier molecular flexibility index (Phi) is 3.27. The van der Waals surface area contributed by atoms with E-state index < -0.39 is 0 Å². The lowest BCUT2D eigenvalue weighted by molar-refractivity contribution is 0.402. The van der Waals surface area contributed by atoms with E-state index in [9.17, 15) is 0 Å². The number of hydrogen-bond donors (Lipinski definition) is 1. The standard InChI is InChI=1S/C13H20N2/c1-3-5-13(6-4-2)15-9-11-7-14-8-12(11)10-15/h3-6,11-12,14H,1,7-10H2,2H3/b6-4-,13-5+. The van der Waals surface area contributed by atoms with Crippen molar-refractivity contribution >= 4 is 0 Å².